The Balaban J connectivity index is 2.19. The van der Waals surface area contributed by atoms with Gasteiger partial charge in [0.2, 0.25) is 0 Å². The van der Waals surface area contributed by atoms with E-state index in [1.54, 1.807) is 6.07 Å². The largest absolute Gasteiger partial charge is 0.396 e. The van der Waals surface area contributed by atoms with Gasteiger partial charge in [-0.2, -0.15) is 5.26 Å². The monoisotopic (exact) mass is 219 g/mol. The Kier molecular flexibility index (Phi) is 5.97. The minimum Gasteiger partial charge on any atom is -0.396 e. The molecule has 1 rings (SSSR count). The van der Waals surface area contributed by atoms with Crippen molar-refractivity contribution >= 4 is 5.82 Å². The van der Waals surface area contributed by atoms with Gasteiger partial charge in [-0.3, -0.25) is 0 Å². The Hall–Kier alpha value is -1.60. The maximum Gasteiger partial charge on any atom is 0.142 e. The minimum atomic E-state index is 0.277. The summed E-state index contributed by atoms with van der Waals surface area (Å²) in [6, 6.07) is 7.37. The molecule has 0 fully saturated rings. The van der Waals surface area contributed by atoms with Crippen LogP contribution in [0.1, 0.15) is 31.4 Å². The second kappa shape index (κ2) is 7.66. The summed E-state index contributed by atoms with van der Waals surface area (Å²) in [4.78, 5) is 4.11. The SMILES string of the molecule is N#Cc1cccc(NCCCCCCO)n1. The smallest absolute Gasteiger partial charge is 0.142 e. The van der Waals surface area contributed by atoms with Crippen LogP contribution in [0.5, 0.6) is 0 Å². The van der Waals surface area contributed by atoms with Gasteiger partial charge in [-0.1, -0.05) is 18.9 Å². The van der Waals surface area contributed by atoms with Crippen LogP contribution in [0.2, 0.25) is 0 Å². The zero-order valence-corrected chi connectivity index (χ0v) is 9.32. The lowest BCUT2D eigenvalue weighted by Gasteiger charge is -2.04. The molecule has 0 atom stereocenters. The Morgan fingerprint density at radius 2 is 2.06 bits per heavy atom. The van der Waals surface area contributed by atoms with Crippen LogP contribution < -0.4 is 5.32 Å². The molecular formula is C12H17N3O. The fourth-order valence-electron chi connectivity index (χ4n) is 1.40. The van der Waals surface area contributed by atoms with Gasteiger partial charge in [0.15, 0.2) is 0 Å². The van der Waals surface area contributed by atoms with E-state index < -0.39 is 0 Å². The van der Waals surface area contributed by atoms with E-state index >= 15 is 0 Å². The average Bonchev–Trinajstić information content (AvgIpc) is 2.34. The highest BCUT2D eigenvalue weighted by Crippen LogP contribution is 2.05. The lowest BCUT2D eigenvalue weighted by Crippen LogP contribution is -2.03. The van der Waals surface area contributed by atoms with E-state index in [9.17, 15) is 0 Å². The van der Waals surface area contributed by atoms with Gasteiger partial charge in [0, 0.05) is 13.2 Å². The van der Waals surface area contributed by atoms with Crippen LogP contribution in [0.3, 0.4) is 0 Å². The fourth-order valence-corrected chi connectivity index (χ4v) is 1.40. The number of unbranched alkanes of at least 4 members (excludes halogenated alkanes) is 3. The molecule has 4 nitrogen and oxygen atoms in total. The van der Waals surface area contributed by atoms with Crippen molar-refractivity contribution in [2.24, 2.45) is 0 Å². The summed E-state index contributed by atoms with van der Waals surface area (Å²) in [6.07, 6.45) is 4.09. The quantitative estimate of drug-likeness (QED) is 0.687. The van der Waals surface area contributed by atoms with Crippen molar-refractivity contribution in [3.63, 3.8) is 0 Å². The molecule has 0 saturated carbocycles. The third kappa shape index (κ3) is 4.76. The van der Waals surface area contributed by atoms with E-state index in [4.69, 9.17) is 10.4 Å². The van der Waals surface area contributed by atoms with Crippen molar-refractivity contribution < 1.29 is 5.11 Å². The molecule has 0 aliphatic rings. The van der Waals surface area contributed by atoms with Crippen LogP contribution in [0.15, 0.2) is 18.2 Å². The van der Waals surface area contributed by atoms with E-state index in [1.165, 1.54) is 0 Å². The summed E-state index contributed by atoms with van der Waals surface area (Å²) >= 11 is 0. The van der Waals surface area contributed by atoms with Crippen LogP contribution in [0.4, 0.5) is 5.82 Å². The Morgan fingerprint density at radius 1 is 1.25 bits per heavy atom. The number of pyridine rings is 1. The van der Waals surface area contributed by atoms with Crippen molar-refractivity contribution in [2.75, 3.05) is 18.5 Å². The molecule has 0 radical (unpaired) electrons. The average molecular weight is 219 g/mol. The summed E-state index contributed by atoms with van der Waals surface area (Å²) in [6.45, 7) is 1.13. The second-order valence-corrected chi connectivity index (χ2v) is 3.58. The van der Waals surface area contributed by atoms with Crippen molar-refractivity contribution in [1.82, 2.24) is 4.98 Å². The molecule has 0 aliphatic carbocycles. The Labute approximate surface area is 95.9 Å². The number of aromatic nitrogens is 1. The summed E-state index contributed by atoms with van der Waals surface area (Å²) < 4.78 is 0. The first-order chi connectivity index (χ1) is 7.86. The van der Waals surface area contributed by atoms with Crippen LogP contribution in [-0.4, -0.2) is 23.2 Å². The van der Waals surface area contributed by atoms with Gasteiger partial charge in [-0.05, 0) is 25.0 Å². The van der Waals surface area contributed by atoms with Crippen LogP contribution in [0.25, 0.3) is 0 Å². The predicted molar refractivity (Wildman–Crippen MR) is 63.0 cm³/mol. The standard InChI is InChI=1S/C12H17N3O/c13-10-11-6-5-7-12(15-11)14-8-3-1-2-4-9-16/h5-7,16H,1-4,8-9H2,(H,14,15). The van der Waals surface area contributed by atoms with E-state index in [1.807, 2.05) is 18.2 Å². The molecule has 0 amide bonds. The van der Waals surface area contributed by atoms with Crippen molar-refractivity contribution in [3.8, 4) is 6.07 Å². The van der Waals surface area contributed by atoms with E-state index in [-0.39, 0.29) is 6.61 Å². The number of aliphatic hydroxyl groups excluding tert-OH is 1. The van der Waals surface area contributed by atoms with Gasteiger partial charge >= 0.3 is 0 Å². The van der Waals surface area contributed by atoms with Crippen molar-refractivity contribution in [1.29, 1.82) is 5.26 Å². The fraction of sp³-hybridized carbons (Fsp3) is 0.500. The number of aliphatic hydroxyl groups is 1. The topological polar surface area (TPSA) is 68.9 Å². The van der Waals surface area contributed by atoms with Gasteiger partial charge in [0.1, 0.15) is 17.6 Å². The van der Waals surface area contributed by atoms with Crippen LogP contribution in [-0.2, 0) is 0 Å². The van der Waals surface area contributed by atoms with Crippen LogP contribution >= 0.6 is 0 Å². The molecule has 0 aromatic carbocycles. The number of nitrogens with one attached hydrogen (secondary N) is 1. The minimum absolute atomic E-state index is 0.277. The molecule has 0 aliphatic heterocycles. The van der Waals surface area contributed by atoms with E-state index in [0.29, 0.717) is 5.69 Å². The molecule has 0 spiro atoms. The zero-order chi connectivity index (χ0) is 11.6. The number of hydrogen-bond donors (Lipinski definition) is 2. The highest BCUT2D eigenvalue weighted by molar-refractivity contribution is 5.38. The van der Waals surface area contributed by atoms with Gasteiger partial charge < -0.3 is 10.4 Å². The number of nitriles is 1. The van der Waals surface area contributed by atoms with E-state index in [2.05, 4.69) is 10.3 Å². The van der Waals surface area contributed by atoms with Crippen molar-refractivity contribution in [2.45, 2.75) is 25.7 Å². The number of hydrogen-bond acceptors (Lipinski definition) is 4. The number of rotatable bonds is 7. The molecule has 1 aromatic rings. The number of anilines is 1. The van der Waals surface area contributed by atoms with Crippen LogP contribution in [0, 0.1) is 11.3 Å². The molecule has 1 heterocycles. The molecule has 4 heteroatoms. The Morgan fingerprint density at radius 3 is 2.81 bits per heavy atom. The normalized spacial score (nSPS) is 9.75. The van der Waals surface area contributed by atoms with Gasteiger partial charge in [-0.25, -0.2) is 4.98 Å². The molecule has 0 unspecified atom stereocenters. The second-order valence-electron chi connectivity index (χ2n) is 3.58. The molecular weight excluding hydrogens is 202 g/mol. The zero-order valence-electron chi connectivity index (χ0n) is 9.32. The Bertz CT molecular complexity index is 346. The molecule has 0 bridgehead atoms. The summed E-state index contributed by atoms with van der Waals surface area (Å²) in [7, 11) is 0. The molecule has 1 aromatic heterocycles. The first kappa shape index (κ1) is 12.5. The first-order valence-corrected chi connectivity index (χ1v) is 5.58. The highest BCUT2D eigenvalue weighted by Gasteiger charge is 1.95. The summed E-state index contributed by atoms with van der Waals surface area (Å²) in [5, 5.41) is 20.4. The lowest BCUT2D eigenvalue weighted by molar-refractivity contribution is 0.283. The van der Waals surface area contributed by atoms with E-state index in [0.717, 1.165) is 38.0 Å². The molecule has 16 heavy (non-hydrogen) atoms. The highest BCUT2D eigenvalue weighted by atomic mass is 16.2. The van der Waals surface area contributed by atoms with Gasteiger partial charge in [0.25, 0.3) is 0 Å². The predicted octanol–water partition coefficient (Wildman–Crippen LogP) is 1.92. The third-order valence-corrected chi connectivity index (χ3v) is 2.25. The van der Waals surface area contributed by atoms with Gasteiger partial charge in [0.05, 0.1) is 0 Å². The lowest BCUT2D eigenvalue weighted by atomic mass is 10.2. The molecule has 86 valence electrons. The first-order valence-electron chi connectivity index (χ1n) is 5.58. The number of nitrogens with zero attached hydrogens (tertiary/aromatic N) is 2. The maximum absolute atomic E-state index is 8.67. The summed E-state index contributed by atoms with van der Waals surface area (Å²) in [5.74, 6) is 0.751. The maximum atomic E-state index is 8.67. The van der Waals surface area contributed by atoms with Gasteiger partial charge in [-0.15, -0.1) is 0 Å². The molecule has 2 N–H and O–H groups in total. The summed E-state index contributed by atoms with van der Waals surface area (Å²) in [5.41, 5.74) is 0.435. The molecule has 0 saturated heterocycles. The third-order valence-electron chi connectivity index (χ3n) is 2.25. The van der Waals surface area contributed by atoms with Crippen molar-refractivity contribution in [3.05, 3.63) is 23.9 Å².